The highest BCUT2D eigenvalue weighted by molar-refractivity contribution is 6.18. The molecule has 0 radical (unpaired) electrons. The van der Waals surface area contributed by atoms with Gasteiger partial charge in [-0.3, -0.25) is 4.90 Å². The van der Waals surface area contributed by atoms with Gasteiger partial charge >= 0.3 is 0 Å². The Hall–Kier alpha value is 0.210. The van der Waals surface area contributed by atoms with Crippen LogP contribution in [0.4, 0.5) is 0 Å². The maximum atomic E-state index is 9.52. The van der Waals surface area contributed by atoms with Crippen molar-refractivity contribution in [1.82, 2.24) is 4.90 Å². The minimum Gasteiger partial charge on any atom is -0.391 e. The van der Waals surface area contributed by atoms with Crippen LogP contribution in [-0.4, -0.2) is 41.1 Å². The molecule has 0 spiro atoms. The van der Waals surface area contributed by atoms with Gasteiger partial charge in [0.25, 0.3) is 0 Å². The SMILES string of the molecule is CCN(CC(O)CCl)C1CCCCC1. The van der Waals surface area contributed by atoms with Gasteiger partial charge in [-0.15, -0.1) is 11.6 Å². The van der Waals surface area contributed by atoms with Crippen molar-refractivity contribution in [3.63, 3.8) is 0 Å². The third-order valence-electron chi connectivity index (χ3n) is 3.12. The third kappa shape index (κ3) is 3.76. The first-order chi connectivity index (χ1) is 6.77. The molecule has 14 heavy (non-hydrogen) atoms. The zero-order valence-electron chi connectivity index (χ0n) is 9.08. The highest BCUT2D eigenvalue weighted by Gasteiger charge is 2.21. The van der Waals surface area contributed by atoms with Crippen molar-refractivity contribution in [2.75, 3.05) is 19.0 Å². The lowest BCUT2D eigenvalue weighted by Gasteiger charge is -2.34. The van der Waals surface area contributed by atoms with Gasteiger partial charge in [-0.25, -0.2) is 0 Å². The Morgan fingerprint density at radius 2 is 2.00 bits per heavy atom. The van der Waals surface area contributed by atoms with E-state index in [1.807, 2.05) is 0 Å². The fourth-order valence-corrected chi connectivity index (χ4v) is 2.40. The predicted molar refractivity (Wildman–Crippen MR) is 60.8 cm³/mol. The van der Waals surface area contributed by atoms with Gasteiger partial charge in [0.2, 0.25) is 0 Å². The molecule has 0 amide bonds. The second-order valence-electron chi connectivity index (χ2n) is 4.19. The third-order valence-corrected chi connectivity index (χ3v) is 3.48. The van der Waals surface area contributed by atoms with Gasteiger partial charge in [-0.2, -0.15) is 0 Å². The topological polar surface area (TPSA) is 23.5 Å². The van der Waals surface area contributed by atoms with E-state index < -0.39 is 0 Å². The highest BCUT2D eigenvalue weighted by Crippen LogP contribution is 2.22. The molecule has 0 aliphatic heterocycles. The van der Waals surface area contributed by atoms with Crippen LogP contribution in [0, 0.1) is 0 Å². The first-order valence-electron chi connectivity index (χ1n) is 5.76. The summed E-state index contributed by atoms with van der Waals surface area (Å²) in [5, 5.41) is 9.52. The molecular weight excluding hydrogens is 198 g/mol. The van der Waals surface area contributed by atoms with Crippen molar-refractivity contribution in [2.45, 2.75) is 51.2 Å². The summed E-state index contributed by atoms with van der Waals surface area (Å²) in [7, 11) is 0. The van der Waals surface area contributed by atoms with Gasteiger partial charge in [-0.1, -0.05) is 26.2 Å². The first kappa shape index (κ1) is 12.3. The van der Waals surface area contributed by atoms with Crippen LogP contribution in [0.2, 0.25) is 0 Å². The smallest absolute Gasteiger partial charge is 0.0802 e. The average molecular weight is 220 g/mol. The van der Waals surface area contributed by atoms with E-state index in [1.54, 1.807) is 0 Å². The fraction of sp³-hybridized carbons (Fsp3) is 1.00. The van der Waals surface area contributed by atoms with Crippen molar-refractivity contribution < 1.29 is 5.11 Å². The number of likely N-dealkylation sites (N-methyl/N-ethyl adjacent to an activating group) is 1. The molecule has 1 saturated carbocycles. The normalized spacial score (nSPS) is 21.4. The number of alkyl halides is 1. The van der Waals surface area contributed by atoms with E-state index >= 15 is 0 Å². The molecule has 0 aromatic rings. The lowest BCUT2D eigenvalue weighted by molar-refractivity contribution is 0.0883. The molecule has 1 rings (SSSR count). The molecule has 0 aromatic heterocycles. The van der Waals surface area contributed by atoms with Crippen LogP contribution in [0.3, 0.4) is 0 Å². The van der Waals surface area contributed by atoms with Crippen LogP contribution in [-0.2, 0) is 0 Å². The van der Waals surface area contributed by atoms with Gasteiger partial charge in [0, 0.05) is 18.5 Å². The molecule has 1 N–H and O–H groups in total. The fourth-order valence-electron chi connectivity index (χ4n) is 2.30. The summed E-state index contributed by atoms with van der Waals surface area (Å²) >= 11 is 5.62. The summed E-state index contributed by atoms with van der Waals surface area (Å²) in [6, 6.07) is 0.687. The van der Waals surface area contributed by atoms with Crippen LogP contribution in [0.25, 0.3) is 0 Å². The molecular formula is C11H22ClNO. The number of nitrogens with zero attached hydrogens (tertiary/aromatic N) is 1. The molecule has 0 saturated heterocycles. The molecule has 0 heterocycles. The number of halogens is 1. The Morgan fingerprint density at radius 1 is 1.36 bits per heavy atom. The molecule has 0 aromatic carbocycles. The molecule has 1 atom stereocenters. The Bertz CT molecular complexity index is 148. The Morgan fingerprint density at radius 3 is 2.50 bits per heavy atom. The van der Waals surface area contributed by atoms with E-state index in [1.165, 1.54) is 32.1 Å². The maximum absolute atomic E-state index is 9.52. The van der Waals surface area contributed by atoms with E-state index in [-0.39, 0.29) is 6.10 Å². The first-order valence-corrected chi connectivity index (χ1v) is 6.29. The molecule has 0 bridgehead atoms. The molecule has 1 aliphatic rings. The summed E-state index contributed by atoms with van der Waals surface area (Å²) < 4.78 is 0. The van der Waals surface area contributed by atoms with Crippen LogP contribution < -0.4 is 0 Å². The Labute approximate surface area is 92.2 Å². The second-order valence-corrected chi connectivity index (χ2v) is 4.50. The average Bonchev–Trinajstić information content (AvgIpc) is 2.26. The zero-order valence-corrected chi connectivity index (χ0v) is 9.84. The van der Waals surface area contributed by atoms with Crippen molar-refractivity contribution >= 4 is 11.6 Å². The van der Waals surface area contributed by atoms with Crippen LogP contribution in [0.1, 0.15) is 39.0 Å². The van der Waals surface area contributed by atoms with Gasteiger partial charge in [-0.05, 0) is 19.4 Å². The summed E-state index contributed by atoms with van der Waals surface area (Å²) in [5.74, 6) is 0.350. The lowest BCUT2D eigenvalue weighted by Crippen LogP contribution is -2.41. The summed E-state index contributed by atoms with van der Waals surface area (Å²) in [5.41, 5.74) is 0. The number of hydrogen-bond donors (Lipinski definition) is 1. The zero-order chi connectivity index (χ0) is 10.4. The number of rotatable bonds is 5. The predicted octanol–water partition coefficient (Wildman–Crippen LogP) is 2.24. The van der Waals surface area contributed by atoms with Crippen LogP contribution in [0.15, 0.2) is 0 Å². The van der Waals surface area contributed by atoms with E-state index in [2.05, 4.69) is 11.8 Å². The molecule has 2 nitrogen and oxygen atoms in total. The largest absolute Gasteiger partial charge is 0.391 e. The van der Waals surface area contributed by atoms with E-state index in [4.69, 9.17) is 11.6 Å². The number of aliphatic hydroxyl groups is 1. The van der Waals surface area contributed by atoms with E-state index in [0.29, 0.717) is 11.9 Å². The highest BCUT2D eigenvalue weighted by atomic mass is 35.5. The molecule has 1 aliphatic carbocycles. The van der Waals surface area contributed by atoms with Gasteiger partial charge in [0.05, 0.1) is 6.10 Å². The van der Waals surface area contributed by atoms with Crippen molar-refractivity contribution in [2.24, 2.45) is 0 Å². The summed E-state index contributed by atoms with van der Waals surface area (Å²) in [6.07, 6.45) is 6.30. The maximum Gasteiger partial charge on any atom is 0.0802 e. The van der Waals surface area contributed by atoms with Crippen LogP contribution >= 0.6 is 11.6 Å². The molecule has 1 unspecified atom stereocenters. The molecule has 84 valence electrons. The molecule has 1 fully saturated rings. The minimum atomic E-state index is -0.362. The van der Waals surface area contributed by atoms with Crippen molar-refractivity contribution in [3.8, 4) is 0 Å². The summed E-state index contributed by atoms with van der Waals surface area (Å²) in [4.78, 5) is 2.38. The van der Waals surface area contributed by atoms with Gasteiger partial charge in [0.1, 0.15) is 0 Å². The summed E-state index contributed by atoms with van der Waals surface area (Å²) in [6.45, 7) is 3.93. The van der Waals surface area contributed by atoms with Crippen LogP contribution in [0.5, 0.6) is 0 Å². The minimum absolute atomic E-state index is 0.350. The monoisotopic (exact) mass is 219 g/mol. The second kappa shape index (κ2) is 6.65. The molecule has 3 heteroatoms. The van der Waals surface area contributed by atoms with E-state index in [9.17, 15) is 5.11 Å². The van der Waals surface area contributed by atoms with Gasteiger partial charge in [0.15, 0.2) is 0 Å². The Balaban J connectivity index is 2.35. The quantitative estimate of drug-likeness (QED) is 0.717. The number of aliphatic hydroxyl groups excluding tert-OH is 1. The standard InChI is InChI=1S/C11H22ClNO/c1-2-13(9-11(14)8-12)10-6-4-3-5-7-10/h10-11,14H,2-9H2,1H3. The van der Waals surface area contributed by atoms with Crippen molar-refractivity contribution in [1.29, 1.82) is 0 Å². The van der Waals surface area contributed by atoms with Gasteiger partial charge < -0.3 is 5.11 Å². The van der Waals surface area contributed by atoms with E-state index in [0.717, 1.165) is 13.1 Å². The Kier molecular flexibility index (Phi) is 5.83. The lowest BCUT2D eigenvalue weighted by atomic mass is 9.94. The van der Waals surface area contributed by atoms with Crippen molar-refractivity contribution in [3.05, 3.63) is 0 Å². The number of hydrogen-bond acceptors (Lipinski definition) is 2.